The third-order valence-electron chi connectivity index (χ3n) is 4.99. The summed E-state index contributed by atoms with van der Waals surface area (Å²) in [5, 5.41) is 3.92. The Labute approximate surface area is 182 Å². The van der Waals surface area contributed by atoms with Gasteiger partial charge >= 0.3 is 0 Å². The van der Waals surface area contributed by atoms with E-state index in [1.807, 2.05) is 42.9 Å². The first kappa shape index (κ1) is 22.1. The summed E-state index contributed by atoms with van der Waals surface area (Å²) in [6.07, 6.45) is 5.38. The Balaban J connectivity index is 0.00000280. The summed E-state index contributed by atoms with van der Waals surface area (Å²) in [5.41, 5.74) is 4.35. The molecule has 0 radical (unpaired) electrons. The van der Waals surface area contributed by atoms with Crippen LogP contribution in [0.25, 0.3) is 22.2 Å². The molecule has 28 heavy (non-hydrogen) atoms. The van der Waals surface area contributed by atoms with Crippen molar-refractivity contribution in [1.29, 1.82) is 0 Å². The first-order valence-corrected chi connectivity index (χ1v) is 9.38. The van der Waals surface area contributed by atoms with E-state index in [4.69, 9.17) is 0 Å². The van der Waals surface area contributed by atoms with Gasteiger partial charge in [-0.05, 0) is 30.5 Å². The van der Waals surface area contributed by atoms with Gasteiger partial charge in [0.1, 0.15) is 7.05 Å². The Morgan fingerprint density at radius 1 is 1.18 bits per heavy atom. The highest BCUT2D eigenvalue weighted by Crippen LogP contribution is 2.29. The Hall–Kier alpha value is -2.22. The maximum atomic E-state index is 12.1. The molecule has 0 bridgehead atoms. The smallest absolute Gasteiger partial charge is 0.287 e. The Morgan fingerprint density at radius 3 is 2.64 bits per heavy atom. The van der Waals surface area contributed by atoms with Gasteiger partial charge in [0.05, 0.1) is 11.3 Å². The number of carbonyl (C=O) groups is 2. The molecule has 0 saturated heterocycles. The highest BCUT2D eigenvalue weighted by Gasteiger charge is 2.20. The van der Waals surface area contributed by atoms with Crippen LogP contribution in [0.5, 0.6) is 0 Å². The summed E-state index contributed by atoms with van der Waals surface area (Å²) in [6, 6.07) is 12.2. The number of amides is 1. The van der Waals surface area contributed by atoms with E-state index in [1.165, 1.54) is 0 Å². The molecule has 2 N–H and O–H groups in total. The zero-order valence-corrected chi connectivity index (χ0v) is 18.6. The number of halogens is 1. The van der Waals surface area contributed by atoms with E-state index in [9.17, 15) is 9.59 Å². The maximum absolute atomic E-state index is 12.1. The Bertz CT molecular complexity index is 981. The van der Waals surface area contributed by atoms with E-state index in [1.54, 1.807) is 6.92 Å². The van der Waals surface area contributed by atoms with Gasteiger partial charge in [0.15, 0.2) is 12.4 Å². The predicted octanol–water partition coefficient (Wildman–Crippen LogP) is -0.0627. The van der Waals surface area contributed by atoms with Gasteiger partial charge in [0.25, 0.3) is 5.91 Å². The second kappa shape index (κ2) is 9.82. The van der Waals surface area contributed by atoms with E-state index in [-0.39, 0.29) is 35.7 Å². The van der Waals surface area contributed by atoms with Gasteiger partial charge < -0.3 is 34.3 Å². The number of pyridine rings is 1. The number of fused-ring (bicyclic) bond motifs is 1. The normalized spacial score (nSPS) is 11.7. The van der Waals surface area contributed by atoms with Crippen LogP contribution in [0.15, 0.2) is 48.8 Å². The van der Waals surface area contributed by atoms with E-state index in [0.717, 1.165) is 27.7 Å². The lowest BCUT2D eigenvalue weighted by molar-refractivity contribution is -0.671. The van der Waals surface area contributed by atoms with Crippen LogP contribution < -0.4 is 33.9 Å². The number of nitrogens with one attached hydrogen (secondary N) is 2. The Morgan fingerprint density at radius 2 is 1.93 bits per heavy atom. The van der Waals surface area contributed by atoms with Crippen LogP contribution in [0, 0.1) is 5.92 Å². The summed E-state index contributed by atoms with van der Waals surface area (Å²) >= 11 is 0. The molecule has 1 atom stereocenters. The highest BCUT2D eigenvalue weighted by atomic mass is 127. The van der Waals surface area contributed by atoms with Gasteiger partial charge in [0, 0.05) is 29.4 Å². The van der Waals surface area contributed by atoms with Crippen molar-refractivity contribution < 1.29 is 38.1 Å². The van der Waals surface area contributed by atoms with Crippen LogP contribution in [0.1, 0.15) is 25.8 Å². The monoisotopic (exact) mass is 491 g/mol. The third-order valence-corrected chi connectivity index (χ3v) is 4.99. The lowest BCUT2D eigenvalue weighted by Crippen LogP contribution is -3.00. The van der Waals surface area contributed by atoms with Crippen molar-refractivity contribution in [2.45, 2.75) is 26.7 Å². The van der Waals surface area contributed by atoms with Crippen LogP contribution in [0.3, 0.4) is 0 Å². The fourth-order valence-corrected chi connectivity index (χ4v) is 3.24. The van der Waals surface area contributed by atoms with Crippen molar-refractivity contribution in [3.63, 3.8) is 0 Å². The first-order chi connectivity index (χ1) is 13.0. The number of aryl methyl sites for hydroxylation is 1. The predicted molar refractivity (Wildman–Crippen MR) is 106 cm³/mol. The van der Waals surface area contributed by atoms with Gasteiger partial charge in [-0.2, -0.15) is 0 Å². The molecule has 6 heteroatoms. The molecule has 2 aromatic heterocycles. The van der Waals surface area contributed by atoms with Gasteiger partial charge in [-0.15, -0.1) is 0 Å². The number of hydrogen-bond donors (Lipinski definition) is 2. The summed E-state index contributed by atoms with van der Waals surface area (Å²) in [7, 11) is 1.99. The number of nitrogens with zero attached hydrogens (tertiary/aromatic N) is 1. The van der Waals surface area contributed by atoms with Gasteiger partial charge in [0.2, 0.25) is 5.78 Å². The van der Waals surface area contributed by atoms with E-state index in [2.05, 4.69) is 34.7 Å². The van der Waals surface area contributed by atoms with Crippen LogP contribution in [0.2, 0.25) is 0 Å². The fraction of sp³-hybridized carbons (Fsp3) is 0.318. The number of carbonyl (C=O) groups excluding carboxylic acids is 2. The maximum Gasteiger partial charge on any atom is 0.287 e. The van der Waals surface area contributed by atoms with Crippen molar-refractivity contribution in [1.82, 2.24) is 10.3 Å². The van der Waals surface area contributed by atoms with Crippen molar-refractivity contribution in [2.75, 3.05) is 6.54 Å². The number of benzene rings is 1. The standard InChI is InChI=1S/C22H25N3O2.HI/c1-4-15(2)21(26)22(27)23-12-11-18-17-9-5-6-10-19(17)24-20(18)16-8-7-13-25(3)14-16;/h5-10,13-15,24H,4,11-12H2,1-3H3;1H. The number of Topliss-reactive ketones (excluding diaryl/α,β-unsaturated/α-hetero) is 1. The lowest BCUT2D eigenvalue weighted by atomic mass is 10.0. The molecular weight excluding hydrogens is 465 g/mol. The summed E-state index contributed by atoms with van der Waals surface area (Å²) in [4.78, 5) is 27.5. The molecule has 148 valence electrons. The second-order valence-electron chi connectivity index (χ2n) is 6.96. The Kier molecular flexibility index (Phi) is 7.74. The number of aromatic nitrogens is 2. The van der Waals surface area contributed by atoms with Crippen LogP contribution in [-0.2, 0) is 23.1 Å². The molecule has 2 heterocycles. The number of para-hydroxylation sites is 1. The van der Waals surface area contributed by atoms with Crippen LogP contribution >= 0.6 is 0 Å². The number of hydrogen-bond acceptors (Lipinski definition) is 2. The molecule has 5 nitrogen and oxygen atoms in total. The molecular formula is C22H26IN3O2. The largest absolute Gasteiger partial charge is 1.00 e. The molecule has 0 aliphatic carbocycles. The quantitative estimate of drug-likeness (QED) is 0.277. The van der Waals surface area contributed by atoms with Crippen molar-refractivity contribution in [3.05, 3.63) is 54.4 Å². The SMILES string of the molecule is CCC(C)C(=O)C(=O)NCCc1c(-c2ccc[n+](C)c2)[nH]c2ccccc12.[I-]. The van der Waals surface area contributed by atoms with Crippen molar-refractivity contribution >= 4 is 22.6 Å². The number of aromatic amines is 1. The van der Waals surface area contributed by atoms with Crippen molar-refractivity contribution in [2.24, 2.45) is 13.0 Å². The zero-order chi connectivity index (χ0) is 19.4. The second-order valence-corrected chi connectivity index (χ2v) is 6.96. The highest BCUT2D eigenvalue weighted by molar-refractivity contribution is 6.36. The van der Waals surface area contributed by atoms with Gasteiger partial charge in [-0.3, -0.25) is 9.59 Å². The molecule has 1 amide bonds. The lowest BCUT2D eigenvalue weighted by Gasteiger charge is -2.09. The third kappa shape index (κ3) is 4.79. The molecule has 3 rings (SSSR count). The number of rotatable bonds is 7. The molecule has 3 aromatic rings. The summed E-state index contributed by atoms with van der Waals surface area (Å²) in [6.45, 7) is 4.12. The molecule has 0 spiro atoms. The number of H-pyrrole nitrogens is 1. The van der Waals surface area contributed by atoms with E-state index in [0.29, 0.717) is 19.4 Å². The molecule has 1 aromatic carbocycles. The summed E-state index contributed by atoms with van der Waals surface area (Å²) in [5.74, 6) is -1.07. The van der Waals surface area contributed by atoms with Crippen molar-refractivity contribution in [3.8, 4) is 11.3 Å². The fourth-order valence-electron chi connectivity index (χ4n) is 3.24. The van der Waals surface area contributed by atoms with Crippen LogP contribution in [0.4, 0.5) is 0 Å². The molecule has 0 aliphatic heterocycles. The summed E-state index contributed by atoms with van der Waals surface area (Å²) < 4.78 is 2.01. The average molecular weight is 491 g/mol. The minimum atomic E-state index is -0.489. The molecule has 1 unspecified atom stereocenters. The minimum absolute atomic E-state index is 0. The topological polar surface area (TPSA) is 65.8 Å². The number of ketones is 1. The van der Waals surface area contributed by atoms with Crippen LogP contribution in [-0.4, -0.2) is 23.2 Å². The average Bonchev–Trinajstić information content (AvgIpc) is 3.05. The first-order valence-electron chi connectivity index (χ1n) is 9.38. The van der Waals surface area contributed by atoms with E-state index < -0.39 is 5.91 Å². The molecule has 0 aliphatic rings. The molecule has 0 fully saturated rings. The van der Waals surface area contributed by atoms with Gasteiger partial charge in [-0.1, -0.05) is 32.0 Å². The molecule has 0 saturated carbocycles. The zero-order valence-electron chi connectivity index (χ0n) is 16.5. The minimum Gasteiger partial charge on any atom is -1.00 e. The van der Waals surface area contributed by atoms with Gasteiger partial charge in [-0.25, -0.2) is 4.57 Å². The van der Waals surface area contributed by atoms with E-state index >= 15 is 0 Å².